The van der Waals surface area contributed by atoms with Crippen molar-refractivity contribution in [2.75, 3.05) is 6.54 Å². The summed E-state index contributed by atoms with van der Waals surface area (Å²) in [5.41, 5.74) is 0.834. The van der Waals surface area contributed by atoms with Gasteiger partial charge in [-0.25, -0.2) is 0 Å². The quantitative estimate of drug-likeness (QED) is 0.680. The minimum atomic E-state index is -0.607. The van der Waals surface area contributed by atoms with Crippen molar-refractivity contribution in [3.8, 4) is 0 Å². The number of nitrogens with one attached hydrogen (secondary N) is 2. The van der Waals surface area contributed by atoms with Crippen molar-refractivity contribution in [3.05, 3.63) is 35.9 Å². The second-order valence-electron chi connectivity index (χ2n) is 5.08. The molecule has 0 saturated carbocycles. The minimum absolute atomic E-state index is 0.121. The van der Waals surface area contributed by atoms with Gasteiger partial charge in [-0.1, -0.05) is 30.3 Å². The lowest BCUT2D eigenvalue weighted by atomic mass is 10.0. The first-order valence-electron chi connectivity index (χ1n) is 7.32. The van der Waals surface area contributed by atoms with Crippen LogP contribution in [0.1, 0.15) is 44.8 Å². The number of aliphatic hydroxyl groups excluding tert-OH is 1. The molecular weight excluding hydrogens is 268 g/mol. The standard InChI is InChI=1S/C16H24N2O3/c1-3-17-15(20)9-10-16(21)18-12(2)11-14(19)13-7-5-4-6-8-13/h4-8,12,14,19H,3,9-11H2,1-2H3,(H,17,20)(H,18,21). The summed E-state index contributed by atoms with van der Waals surface area (Å²) < 4.78 is 0. The van der Waals surface area contributed by atoms with Crippen molar-refractivity contribution in [1.82, 2.24) is 10.6 Å². The topological polar surface area (TPSA) is 78.4 Å². The zero-order chi connectivity index (χ0) is 15.7. The normalized spacial score (nSPS) is 13.3. The lowest BCUT2D eigenvalue weighted by Gasteiger charge is -2.18. The Hall–Kier alpha value is -1.88. The second-order valence-corrected chi connectivity index (χ2v) is 5.08. The first kappa shape index (κ1) is 17.2. The number of carbonyl (C=O) groups excluding carboxylic acids is 2. The molecule has 2 amide bonds. The van der Waals surface area contributed by atoms with E-state index in [1.165, 1.54) is 0 Å². The van der Waals surface area contributed by atoms with Crippen LogP contribution in [0, 0.1) is 0 Å². The van der Waals surface area contributed by atoms with E-state index in [0.717, 1.165) is 5.56 Å². The van der Waals surface area contributed by atoms with E-state index in [9.17, 15) is 14.7 Å². The average Bonchev–Trinajstić information content (AvgIpc) is 2.46. The lowest BCUT2D eigenvalue weighted by molar-refractivity contribution is -0.126. The van der Waals surface area contributed by atoms with E-state index < -0.39 is 6.10 Å². The van der Waals surface area contributed by atoms with E-state index in [1.807, 2.05) is 44.2 Å². The summed E-state index contributed by atoms with van der Waals surface area (Å²) in [6.07, 6.45) is 0.187. The van der Waals surface area contributed by atoms with Gasteiger partial charge < -0.3 is 15.7 Å². The zero-order valence-electron chi connectivity index (χ0n) is 12.6. The number of hydrogen-bond donors (Lipinski definition) is 3. The van der Waals surface area contributed by atoms with Crippen LogP contribution in [-0.4, -0.2) is 29.5 Å². The third-order valence-electron chi connectivity index (χ3n) is 3.12. The van der Waals surface area contributed by atoms with Gasteiger partial charge in [0.1, 0.15) is 0 Å². The number of rotatable bonds is 8. The molecule has 0 heterocycles. The van der Waals surface area contributed by atoms with Crippen molar-refractivity contribution >= 4 is 11.8 Å². The van der Waals surface area contributed by atoms with E-state index in [0.29, 0.717) is 13.0 Å². The first-order valence-corrected chi connectivity index (χ1v) is 7.32. The van der Waals surface area contributed by atoms with Gasteiger partial charge in [-0.15, -0.1) is 0 Å². The molecule has 0 aliphatic carbocycles. The van der Waals surface area contributed by atoms with E-state index in [2.05, 4.69) is 10.6 Å². The molecule has 5 nitrogen and oxygen atoms in total. The van der Waals surface area contributed by atoms with Gasteiger partial charge in [-0.05, 0) is 25.8 Å². The summed E-state index contributed by atoms with van der Waals surface area (Å²) in [5, 5.41) is 15.5. The van der Waals surface area contributed by atoms with Crippen molar-refractivity contribution in [2.45, 2.75) is 45.3 Å². The van der Waals surface area contributed by atoms with E-state index in [-0.39, 0.29) is 30.7 Å². The van der Waals surface area contributed by atoms with Gasteiger partial charge in [0.25, 0.3) is 0 Å². The predicted molar refractivity (Wildman–Crippen MR) is 81.5 cm³/mol. The van der Waals surface area contributed by atoms with E-state index in [4.69, 9.17) is 0 Å². The Morgan fingerprint density at radius 2 is 1.76 bits per heavy atom. The number of benzene rings is 1. The van der Waals surface area contributed by atoms with Crippen LogP contribution in [-0.2, 0) is 9.59 Å². The summed E-state index contributed by atoms with van der Waals surface area (Å²) in [6.45, 7) is 4.25. The fourth-order valence-electron chi connectivity index (χ4n) is 2.06. The molecule has 2 unspecified atom stereocenters. The van der Waals surface area contributed by atoms with Crippen LogP contribution in [0.2, 0.25) is 0 Å². The van der Waals surface area contributed by atoms with Gasteiger partial charge in [-0.3, -0.25) is 9.59 Å². The molecule has 0 aliphatic heterocycles. The monoisotopic (exact) mass is 292 g/mol. The molecule has 1 aromatic carbocycles. The summed E-state index contributed by atoms with van der Waals surface area (Å²) in [4.78, 5) is 23.0. The van der Waals surface area contributed by atoms with Crippen LogP contribution in [0.15, 0.2) is 30.3 Å². The summed E-state index contributed by atoms with van der Waals surface area (Å²) in [6, 6.07) is 9.19. The number of carbonyl (C=O) groups is 2. The van der Waals surface area contributed by atoms with Gasteiger partial charge in [0, 0.05) is 25.4 Å². The van der Waals surface area contributed by atoms with Crippen molar-refractivity contribution in [1.29, 1.82) is 0 Å². The van der Waals surface area contributed by atoms with Crippen LogP contribution in [0.3, 0.4) is 0 Å². The number of amides is 2. The molecule has 1 rings (SSSR count). The average molecular weight is 292 g/mol. The van der Waals surface area contributed by atoms with Gasteiger partial charge in [0.15, 0.2) is 0 Å². The van der Waals surface area contributed by atoms with Gasteiger partial charge in [-0.2, -0.15) is 0 Å². The third kappa shape index (κ3) is 6.90. The molecule has 5 heteroatoms. The molecular formula is C16H24N2O3. The molecule has 2 atom stereocenters. The third-order valence-corrected chi connectivity index (χ3v) is 3.12. The Labute approximate surface area is 125 Å². The predicted octanol–water partition coefficient (Wildman–Crippen LogP) is 1.53. The SMILES string of the molecule is CCNC(=O)CCC(=O)NC(C)CC(O)c1ccccc1. The van der Waals surface area contributed by atoms with Crippen LogP contribution < -0.4 is 10.6 Å². The Morgan fingerprint density at radius 1 is 1.14 bits per heavy atom. The second kappa shape index (κ2) is 9.13. The fraction of sp³-hybridized carbons (Fsp3) is 0.500. The maximum absolute atomic E-state index is 11.7. The Morgan fingerprint density at radius 3 is 2.38 bits per heavy atom. The largest absolute Gasteiger partial charge is 0.388 e. The molecule has 21 heavy (non-hydrogen) atoms. The van der Waals surface area contributed by atoms with Crippen molar-refractivity contribution in [2.24, 2.45) is 0 Å². The highest BCUT2D eigenvalue weighted by Gasteiger charge is 2.14. The maximum atomic E-state index is 11.7. The molecule has 0 spiro atoms. The summed E-state index contributed by atoms with van der Waals surface area (Å²) >= 11 is 0. The number of hydrogen-bond acceptors (Lipinski definition) is 3. The van der Waals surface area contributed by atoms with Gasteiger partial charge in [0.05, 0.1) is 6.10 Å². The van der Waals surface area contributed by atoms with Crippen molar-refractivity contribution in [3.63, 3.8) is 0 Å². The highest BCUT2D eigenvalue weighted by molar-refractivity contribution is 5.83. The molecule has 0 aliphatic rings. The highest BCUT2D eigenvalue weighted by Crippen LogP contribution is 2.17. The van der Waals surface area contributed by atoms with Crippen LogP contribution in [0.5, 0.6) is 0 Å². The number of aliphatic hydroxyl groups is 1. The Bertz CT molecular complexity index is 448. The molecule has 0 saturated heterocycles. The molecule has 0 radical (unpaired) electrons. The molecule has 116 valence electrons. The first-order chi connectivity index (χ1) is 10.0. The van der Waals surface area contributed by atoms with Crippen LogP contribution in [0.25, 0.3) is 0 Å². The molecule has 0 fully saturated rings. The fourth-order valence-corrected chi connectivity index (χ4v) is 2.06. The highest BCUT2D eigenvalue weighted by atomic mass is 16.3. The Kier molecular flexibility index (Phi) is 7.46. The lowest BCUT2D eigenvalue weighted by Crippen LogP contribution is -2.34. The summed E-state index contributed by atoms with van der Waals surface area (Å²) in [7, 11) is 0. The van der Waals surface area contributed by atoms with Gasteiger partial charge >= 0.3 is 0 Å². The van der Waals surface area contributed by atoms with Crippen molar-refractivity contribution < 1.29 is 14.7 Å². The molecule has 0 bridgehead atoms. The van der Waals surface area contributed by atoms with E-state index in [1.54, 1.807) is 0 Å². The van der Waals surface area contributed by atoms with Gasteiger partial charge in [0.2, 0.25) is 11.8 Å². The molecule has 3 N–H and O–H groups in total. The Balaban J connectivity index is 2.31. The zero-order valence-corrected chi connectivity index (χ0v) is 12.6. The summed E-state index contributed by atoms with van der Waals surface area (Å²) in [5.74, 6) is -0.293. The van der Waals surface area contributed by atoms with Crippen LogP contribution >= 0.6 is 0 Å². The minimum Gasteiger partial charge on any atom is -0.388 e. The molecule has 0 aromatic heterocycles. The smallest absolute Gasteiger partial charge is 0.220 e. The molecule has 1 aromatic rings. The maximum Gasteiger partial charge on any atom is 0.220 e. The van der Waals surface area contributed by atoms with Crippen LogP contribution in [0.4, 0.5) is 0 Å². The van der Waals surface area contributed by atoms with E-state index >= 15 is 0 Å².